The topological polar surface area (TPSA) is 107 Å². The van der Waals surface area contributed by atoms with E-state index in [2.05, 4.69) is 21.5 Å². The second-order valence-corrected chi connectivity index (χ2v) is 11.4. The molecule has 2 aromatic carbocycles. The molecule has 2 N–H and O–H groups in total. The first-order valence-electron chi connectivity index (χ1n) is 13.2. The predicted molar refractivity (Wildman–Crippen MR) is 155 cm³/mol. The minimum absolute atomic E-state index is 0.0117. The molecule has 38 heavy (non-hydrogen) atoms. The van der Waals surface area contributed by atoms with Gasteiger partial charge in [-0.3, -0.25) is 0 Å². The molecule has 0 bridgehead atoms. The zero-order valence-corrected chi connectivity index (χ0v) is 23.6. The van der Waals surface area contributed by atoms with E-state index >= 15 is 0 Å². The van der Waals surface area contributed by atoms with E-state index < -0.39 is 10.2 Å². The summed E-state index contributed by atoms with van der Waals surface area (Å²) < 4.78 is 32.3. The van der Waals surface area contributed by atoms with E-state index in [9.17, 15) is 8.42 Å². The van der Waals surface area contributed by atoms with Crippen LogP contribution in [-0.2, 0) is 10.2 Å². The molecule has 2 aromatic rings. The molecule has 0 radical (unpaired) electrons. The summed E-state index contributed by atoms with van der Waals surface area (Å²) in [5.41, 5.74) is 9.14. The standard InChI is InChI=1S/C27H36ClN7O2S/c1-3-33(4-2)26(29)30-27(32-38(36,37)34-18-9-6-10-19-34)35-20-17-24(21-11-7-5-8-12-21)25(31-35)22-13-15-23(28)16-14-22/h5,7-8,11-16,24H,3-4,6,9-10,17-20H2,1-2H3,(H2,29,30,32). The molecular weight excluding hydrogens is 522 g/mol. The summed E-state index contributed by atoms with van der Waals surface area (Å²) in [6.07, 6.45) is 3.33. The predicted octanol–water partition coefficient (Wildman–Crippen LogP) is 4.28. The lowest BCUT2D eigenvalue weighted by Crippen LogP contribution is -2.42. The maximum Gasteiger partial charge on any atom is 0.325 e. The molecule has 1 fully saturated rings. The first-order chi connectivity index (χ1) is 18.3. The van der Waals surface area contributed by atoms with E-state index in [1.54, 1.807) is 5.01 Å². The molecule has 9 nitrogen and oxygen atoms in total. The normalized spacial score (nSPS) is 19.8. The molecule has 0 amide bonds. The number of hydrazone groups is 1. The highest BCUT2D eigenvalue weighted by molar-refractivity contribution is 7.87. The molecule has 0 saturated carbocycles. The molecule has 1 atom stereocenters. The van der Waals surface area contributed by atoms with E-state index in [4.69, 9.17) is 22.4 Å². The average Bonchev–Trinajstić information content (AvgIpc) is 2.94. The van der Waals surface area contributed by atoms with Gasteiger partial charge in [-0.2, -0.15) is 22.8 Å². The first-order valence-corrected chi connectivity index (χ1v) is 15.0. The number of nitrogens with zero attached hydrogens (tertiary/aromatic N) is 6. The van der Waals surface area contributed by atoms with Crippen LogP contribution in [0.25, 0.3) is 0 Å². The van der Waals surface area contributed by atoms with Gasteiger partial charge >= 0.3 is 10.2 Å². The molecule has 2 aliphatic heterocycles. The Labute approximate surface area is 230 Å². The highest BCUT2D eigenvalue weighted by Crippen LogP contribution is 2.30. The molecular formula is C27H36ClN7O2S. The lowest BCUT2D eigenvalue weighted by Gasteiger charge is -2.31. The van der Waals surface area contributed by atoms with Gasteiger partial charge in [0.2, 0.25) is 0 Å². The lowest BCUT2D eigenvalue weighted by molar-refractivity contribution is 0.346. The number of piperidine rings is 1. The van der Waals surface area contributed by atoms with Crippen molar-refractivity contribution in [1.29, 1.82) is 0 Å². The fraction of sp³-hybridized carbons (Fsp3) is 0.444. The zero-order valence-electron chi connectivity index (χ0n) is 22.0. The second-order valence-electron chi connectivity index (χ2n) is 9.34. The summed E-state index contributed by atoms with van der Waals surface area (Å²) in [5, 5.41) is 7.15. The van der Waals surface area contributed by atoms with E-state index in [-0.39, 0.29) is 17.8 Å². The molecule has 204 valence electrons. The molecule has 2 heterocycles. The van der Waals surface area contributed by atoms with Crippen molar-refractivity contribution in [1.82, 2.24) is 14.2 Å². The maximum atomic E-state index is 13.3. The van der Waals surface area contributed by atoms with E-state index in [1.807, 2.05) is 61.2 Å². The van der Waals surface area contributed by atoms with E-state index in [0.29, 0.717) is 44.2 Å². The molecule has 4 rings (SSSR count). The van der Waals surface area contributed by atoms with Gasteiger partial charge in [-0.05, 0) is 56.4 Å². The van der Waals surface area contributed by atoms with Crippen molar-refractivity contribution in [2.45, 2.75) is 45.4 Å². The van der Waals surface area contributed by atoms with Crippen LogP contribution in [0.3, 0.4) is 0 Å². The number of nitrogens with two attached hydrogens (primary N) is 1. The summed E-state index contributed by atoms with van der Waals surface area (Å²) in [7, 11) is -3.96. The smallest absolute Gasteiger partial charge is 0.325 e. The Kier molecular flexibility index (Phi) is 9.40. The quantitative estimate of drug-likeness (QED) is 0.421. The Morgan fingerprint density at radius 2 is 1.68 bits per heavy atom. The number of guanidine groups is 2. The van der Waals surface area contributed by atoms with Crippen LogP contribution in [0, 0.1) is 0 Å². The minimum atomic E-state index is -3.96. The van der Waals surface area contributed by atoms with Crippen LogP contribution in [-0.4, -0.2) is 73.0 Å². The fourth-order valence-electron chi connectivity index (χ4n) is 4.77. The van der Waals surface area contributed by atoms with E-state index in [1.165, 1.54) is 4.31 Å². The highest BCUT2D eigenvalue weighted by Gasteiger charge is 2.31. The van der Waals surface area contributed by atoms with Crippen molar-refractivity contribution in [3.05, 3.63) is 70.7 Å². The number of rotatable bonds is 6. The monoisotopic (exact) mass is 557 g/mol. The number of hydrogen-bond acceptors (Lipinski definition) is 3. The Morgan fingerprint density at radius 3 is 2.32 bits per heavy atom. The van der Waals surface area contributed by atoms with Crippen LogP contribution in [0.2, 0.25) is 5.02 Å². The third kappa shape index (κ3) is 6.73. The van der Waals surface area contributed by atoms with E-state index in [0.717, 1.165) is 36.1 Å². The van der Waals surface area contributed by atoms with Crippen LogP contribution in [0.1, 0.15) is 56.6 Å². The first kappa shape index (κ1) is 28.1. The molecule has 2 aliphatic rings. The Bertz CT molecular complexity index is 1270. The van der Waals surface area contributed by atoms with Gasteiger partial charge in [0.1, 0.15) is 0 Å². The molecule has 0 aliphatic carbocycles. The minimum Gasteiger partial charge on any atom is -0.369 e. The Balaban J connectivity index is 1.81. The average molecular weight is 558 g/mol. The van der Waals surface area contributed by atoms with Crippen molar-refractivity contribution in [2.75, 3.05) is 32.7 Å². The Morgan fingerprint density at radius 1 is 1.03 bits per heavy atom. The van der Waals surface area contributed by atoms with Crippen LogP contribution in [0.4, 0.5) is 0 Å². The summed E-state index contributed by atoms with van der Waals surface area (Å²) >= 11 is 6.17. The third-order valence-corrected chi connectivity index (χ3v) is 8.56. The van der Waals surface area contributed by atoms with Crippen LogP contribution in [0.15, 0.2) is 69.1 Å². The summed E-state index contributed by atoms with van der Waals surface area (Å²) in [4.78, 5) is 6.38. The van der Waals surface area contributed by atoms with Gasteiger partial charge in [-0.25, -0.2) is 5.01 Å². The summed E-state index contributed by atoms with van der Waals surface area (Å²) in [5.74, 6) is 0.187. The lowest BCUT2D eigenvalue weighted by atomic mass is 9.86. The van der Waals surface area contributed by atoms with Gasteiger partial charge in [0.15, 0.2) is 5.96 Å². The van der Waals surface area contributed by atoms with Gasteiger partial charge < -0.3 is 10.6 Å². The number of halogens is 1. The van der Waals surface area contributed by atoms with Crippen LogP contribution < -0.4 is 5.73 Å². The van der Waals surface area contributed by atoms with Crippen molar-refractivity contribution < 1.29 is 8.42 Å². The van der Waals surface area contributed by atoms with Crippen LogP contribution in [0.5, 0.6) is 0 Å². The van der Waals surface area contributed by atoms with Gasteiger partial charge in [0.25, 0.3) is 5.96 Å². The second kappa shape index (κ2) is 12.7. The summed E-state index contributed by atoms with van der Waals surface area (Å²) in [6.45, 7) is 6.53. The third-order valence-electron chi connectivity index (χ3n) is 6.90. The van der Waals surface area contributed by atoms with Gasteiger partial charge in [0.05, 0.1) is 5.71 Å². The number of aliphatic imine (C=N–C) groups is 1. The molecule has 1 unspecified atom stereocenters. The molecule has 0 aromatic heterocycles. The zero-order chi connectivity index (χ0) is 27.1. The van der Waals surface area contributed by atoms with Crippen molar-refractivity contribution in [3.8, 4) is 0 Å². The highest BCUT2D eigenvalue weighted by atomic mass is 35.5. The summed E-state index contributed by atoms with van der Waals surface area (Å²) in [6, 6.07) is 17.7. The Hall–Kier alpha value is -2.95. The molecule has 11 heteroatoms. The largest absolute Gasteiger partial charge is 0.369 e. The number of hydrogen-bond donors (Lipinski definition) is 1. The molecule has 1 saturated heterocycles. The van der Waals surface area contributed by atoms with Gasteiger partial charge in [-0.1, -0.05) is 60.5 Å². The van der Waals surface area contributed by atoms with Crippen molar-refractivity contribution >= 4 is 39.4 Å². The van der Waals surface area contributed by atoms with Crippen LogP contribution >= 0.6 is 11.6 Å². The number of benzene rings is 2. The van der Waals surface area contributed by atoms with Gasteiger partial charge in [-0.15, -0.1) is 4.40 Å². The van der Waals surface area contributed by atoms with Crippen molar-refractivity contribution in [2.24, 2.45) is 20.2 Å². The molecule has 0 spiro atoms. The van der Waals surface area contributed by atoms with Gasteiger partial charge in [0, 0.05) is 43.7 Å². The SMILES string of the molecule is CCN(CC)/C(N)=N/C(=N\S(=O)(=O)N1CCCCC1)N1CCC(c2ccccc2)C(c2ccc(Cl)cc2)=N1. The maximum absolute atomic E-state index is 13.3. The van der Waals surface area contributed by atoms with Crippen molar-refractivity contribution in [3.63, 3.8) is 0 Å². The fourth-order valence-corrected chi connectivity index (χ4v) is 6.08.